The minimum absolute atomic E-state index is 0.0363. The molecule has 2 aliphatic rings. The molecule has 15 heteroatoms. The summed E-state index contributed by atoms with van der Waals surface area (Å²) in [7, 11) is -8.22. The zero-order chi connectivity index (χ0) is 35.9. The van der Waals surface area contributed by atoms with E-state index in [2.05, 4.69) is 9.71 Å². The molecule has 5 rings (SSSR count). The Morgan fingerprint density at radius 1 is 1.00 bits per heavy atom. The van der Waals surface area contributed by atoms with Crippen LogP contribution in [0.2, 0.25) is 0 Å². The summed E-state index contributed by atoms with van der Waals surface area (Å²) in [6, 6.07) is 19.4. The SMILES string of the molecule is CC(=O)N(OCc1ccccc1)C1(CCC(C)C)C(=O)C(C2=NS(O)(O)c3cc(N(C(C)=O)S(C)(=O)=O)ccc3N2)=C(O)c2ccccc21. The number of hydroxylamine groups is 2. The molecule has 1 unspecified atom stereocenters. The second-order valence-electron chi connectivity index (χ2n) is 12.3. The number of anilines is 2. The summed E-state index contributed by atoms with van der Waals surface area (Å²) in [6.45, 7) is 6.21. The van der Waals surface area contributed by atoms with Crippen molar-refractivity contribution in [3.8, 4) is 0 Å². The summed E-state index contributed by atoms with van der Waals surface area (Å²) in [6.07, 6.45) is 1.38. The van der Waals surface area contributed by atoms with Gasteiger partial charge < -0.3 is 10.4 Å². The first kappa shape index (κ1) is 35.8. The molecular formula is C34H38N4O9S2. The third-order valence-electron chi connectivity index (χ3n) is 8.21. The van der Waals surface area contributed by atoms with Crippen LogP contribution in [0.5, 0.6) is 0 Å². The average Bonchev–Trinajstić information content (AvgIpc) is 3.01. The van der Waals surface area contributed by atoms with E-state index >= 15 is 4.79 Å². The van der Waals surface area contributed by atoms with Gasteiger partial charge in [0.25, 0.3) is 0 Å². The summed E-state index contributed by atoms with van der Waals surface area (Å²) >= 11 is 0. The van der Waals surface area contributed by atoms with Crippen LogP contribution in [0.15, 0.2) is 87.7 Å². The molecule has 1 atom stereocenters. The van der Waals surface area contributed by atoms with Gasteiger partial charge in [0, 0.05) is 19.4 Å². The van der Waals surface area contributed by atoms with Crippen molar-refractivity contribution in [2.24, 2.45) is 10.3 Å². The Labute approximate surface area is 286 Å². The number of nitrogens with zero attached hydrogens (tertiary/aromatic N) is 3. The minimum atomic E-state index is -4.15. The van der Waals surface area contributed by atoms with E-state index in [4.69, 9.17) is 4.84 Å². The number of carbonyl (C=O) groups is 3. The highest BCUT2D eigenvalue weighted by molar-refractivity contribution is 8.23. The number of ketones is 1. The number of sulfonamides is 1. The van der Waals surface area contributed by atoms with E-state index in [1.807, 2.05) is 44.2 Å². The van der Waals surface area contributed by atoms with Crippen molar-refractivity contribution in [2.75, 3.05) is 15.9 Å². The minimum Gasteiger partial charge on any atom is -0.506 e. The van der Waals surface area contributed by atoms with Gasteiger partial charge in [0.2, 0.25) is 27.6 Å². The van der Waals surface area contributed by atoms with Gasteiger partial charge in [-0.15, -0.1) is 4.40 Å². The fourth-order valence-electron chi connectivity index (χ4n) is 6.08. The van der Waals surface area contributed by atoms with Gasteiger partial charge in [0.15, 0.2) is 11.4 Å². The molecule has 0 radical (unpaired) electrons. The van der Waals surface area contributed by atoms with Crippen LogP contribution >= 0.6 is 10.8 Å². The van der Waals surface area contributed by atoms with Gasteiger partial charge in [-0.2, -0.15) is 0 Å². The smallest absolute Gasteiger partial charge is 0.244 e. The van der Waals surface area contributed by atoms with Crippen LogP contribution in [-0.4, -0.2) is 57.4 Å². The Bertz CT molecular complexity index is 2000. The van der Waals surface area contributed by atoms with Gasteiger partial charge >= 0.3 is 0 Å². The second-order valence-corrected chi connectivity index (χ2v) is 15.8. The highest BCUT2D eigenvalue weighted by Crippen LogP contribution is 2.57. The number of carbonyl (C=O) groups excluding carboxylic acids is 3. The Morgan fingerprint density at radius 2 is 1.65 bits per heavy atom. The molecule has 0 bridgehead atoms. The zero-order valence-electron chi connectivity index (χ0n) is 27.6. The summed E-state index contributed by atoms with van der Waals surface area (Å²) in [5.74, 6) is -2.98. The summed E-state index contributed by atoms with van der Waals surface area (Å²) in [4.78, 5) is 46.7. The van der Waals surface area contributed by atoms with Crippen molar-refractivity contribution in [3.05, 3.63) is 95.1 Å². The van der Waals surface area contributed by atoms with Crippen molar-refractivity contribution in [3.63, 3.8) is 0 Å². The Hall–Kier alpha value is -4.54. The molecule has 3 aromatic carbocycles. The number of aliphatic hydroxyl groups is 1. The lowest BCUT2D eigenvalue weighted by atomic mass is 9.70. The summed E-state index contributed by atoms with van der Waals surface area (Å²) in [5, 5.41) is 15.6. The molecule has 13 nitrogen and oxygen atoms in total. The van der Waals surface area contributed by atoms with Gasteiger partial charge in [0.1, 0.15) is 22.8 Å². The number of rotatable bonds is 10. The molecule has 0 fully saturated rings. The number of nitrogens with one attached hydrogen (secondary N) is 1. The van der Waals surface area contributed by atoms with Gasteiger partial charge in [0.05, 0.1) is 17.6 Å². The number of hydrogen-bond donors (Lipinski definition) is 4. The maximum Gasteiger partial charge on any atom is 0.244 e. The van der Waals surface area contributed by atoms with Crippen molar-refractivity contribution in [2.45, 2.75) is 57.6 Å². The van der Waals surface area contributed by atoms with E-state index in [0.717, 1.165) is 29.9 Å². The number of benzene rings is 3. The summed E-state index contributed by atoms with van der Waals surface area (Å²) < 4.78 is 51.9. The molecule has 0 saturated heterocycles. The Morgan fingerprint density at radius 3 is 2.27 bits per heavy atom. The van der Waals surface area contributed by atoms with E-state index in [9.17, 15) is 32.2 Å². The second kappa shape index (κ2) is 13.4. The van der Waals surface area contributed by atoms with Gasteiger partial charge in [-0.05, 0) is 48.1 Å². The maximum absolute atomic E-state index is 15.1. The van der Waals surface area contributed by atoms with E-state index in [1.54, 1.807) is 24.3 Å². The molecule has 1 aliphatic heterocycles. The Balaban J connectivity index is 1.68. The van der Waals surface area contributed by atoms with Crippen LogP contribution in [-0.2, 0) is 41.4 Å². The first-order valence-electron chi connectivity index (χ1n) is 15.3. The number of fused-ring (bicyclic) bond motifs is 2. The van der Waals surface area contributed by atoms with E-state index in [0.29, 0.717) is 16.3 Å². The molecule has 2 amide bonds. The predicted octanol–water partition coefficient (Wildman–Crippen LogP) is 6.01. The van der Waals surface area contributed by atoms with Crippen LogP contribution in [0, 0.1) is 5.92 Å². The molecule has 3 aromatic rings. The molecular weight excluding hydrogens is 673 g/mol. The predicted molar refractivity (Wildman–Crippen MR) is 187 cm³/mol. The third kappa shape index (κ3) is 6.72. The largest absolute Gasteiger partial charge is 0.506 e. The fraction of sp³-hybridized carbons (Fsp3) is 0.294. The molecule has 0 spiro atoms. The topological polar surface area (TPSA) is 186 Å². The lowest BCUT2D eigenvalue weighted by Crippen LogP contribution is -2.57. The third-order valence-corrected chi connectivity index (χ3v) is 10.7. The fourth-order valence-corrected chi connectivity index (χ4v) is 8.23. The number of amidine groups is 1. The van der Waals surface area contributed by atoms with E-state index < -0.39 is 55.3 Å². The van der Waals surface area contributed by atoms with Crippen LogP contribution in [0.1, 0.15) is 57.2 Å². The molecule has 49 heavy (non-hydrogen) atoms. The van der Waals surface area contributed by atoms with E-state index in [1.165, 1.54) is 19.1 Å². The molecule has 1 aliphatic carbocycles. The number of hydrogen-bond acceptors (Lipinski definition) is 11. The van der Waals surface area contributed by atoms with Gasteiger partial charge in [-0.1, -0.05) is 79.2 Å². The summed E-state index contributed by atoms with van der Waals surface area (Å²) in [5.41, 5.74) is -1.06. The lowest BCUT2D eigenvalue weighted by Gasteiger charge is -2.45. The average molecular weight is 711 g/mol. The first-order chi connectivity index (χ1) is 23.0. The number of amides is 2. The zero-order valence-corrected chi connectivity index (χ0v) is 29.2. The molecule has 4 N–H and O–H groups in total. The maximum atomic E-state index is 15.1. The van der Waals surface area contributed by atoms with Crippen LogP contribution < -0.4 is 9.62 Å². The monoisotopic (exact) mass is 710 g/mol. The standard InChI is InChI=1S/C34H38N4O9S2/c1-21(2)17-18-34(38(23(4)40)47-20-24-11-7-6-8-12-24)27-14-10-9-13-26(27)31(41)30(32(34)42)33-35-28-16-15-25(19-29(28)49(45,46)36-33)37(22(3)39)48(5,43)44/h6-16,19,21,41,45-46H,17-18,20H2,1-5H3,(H,35,36). The van der Waals surface area contributed by atoms with Crippen LogP contribution in [0.4, 0.5) is 11.4 Å². The quantitative estimate of drug-likeness (QED) is 0.182. The molecule has 0 aromatic heterocycles. The van der Waals surface area contributed by atoms with E-state index in [-0.39, 0.29) is 46.6 Å². The highest BCUT2D eigenvalue weighted by Gasteiger charge is 2.55. The van der Waals surface area contributed by atoms with Gasteiger partial charge in [-0.25, -0.2) is 17.8 Å². The number of Topliss-reactive ketones (excluding diaryl/α,β-unsaturated/α-hetero) is 1. The van der Waals surface area contributed by atoms with Crippen LogP contribution in [0.3, 0.4) is 0 Å². The Kier molecular flexibility index (Phi) is 9.78. The van der Waals surface area contributed by atoms with Crippen molar-refractivity contribution in [1.82, 2.24) is 5.06 Å². The van der Waals surface area contributed by atoms with Crippen molar-refractivity contribution < 1.29 is 41.9 Å². The lowest BCUT2D eigenvalue weighted by molar-refractivity contribution is -0.229. The molecule has 1 heterocycles. The molecule has 0 saturated carbocycles. The highest BCUT2D eigenvalue weighted by atomic mass is 32.3. The first-order valence-corrected chi connectivity index (χ1v) is 18.7. The van der Waals surface area contributed by atoms with Gasteiger partial charge in [-0.3, -0.25) is 28.3 Å². The van der Waals surface area contributed by atoms with Crippen molar-refractivity contribution >= 4 is 61.4 Å². The normalized spacial score (nSPS) is 18.9. The van der Waals surface area contributed by atoms with Crippen molar-refractivity contribution in [1.29, 1.82) is 0 Å². The molecule has 260 valence electrons. The van der Waals surface area contributed by atoms with Crippen LogP contribution in [0.25, 0.3) is 5.76 Å². The number of aliphatic hydroxyl groups excluding tert-OH is 1.